The van der Waals surface area contributed by atoms with Crippen molar-refractivity contribution < 1.29 is 14.3 Å². The lowest BCUT2D eigenvalue weighted by atomic mass is 10.0. The normalized spacial score (nSPS) is 12.1. The summed E-state index contributed by atoms with van der Waals surface area (Å²) >= 11 is 0. The van der Waals surface area contributed by atoms with Crippen LogP contribution in [0.15, 0.2) is 24.3 Å². The van der Waals surface area contributed by atoms with Crippen LogP contribution < -0.4 is 11.1 Å². The Balaban J connectivity index is 2.46. The molecule has 0 spiro atoms. The molecule has 21 heavy (non-hydrogen) atoms. The second-order valence-electron chi connectivity index (χ2n) is 5.07. The van der Waals surface area contributed by atoms with E-state index in [-0.39, 0.29) is 11.8 Å². The number of hydrogen-bond donors (Lipinski definition) is 2. The average Bonchev–Trinajstić information content (AvgIpc) is 2.49. The number of anilines is 1. The van der Waals surface area contributed by atoms with E-state index >= 15 is 0 Å². The highest BCUT2D eigenvalue weighted by atomic mass is 16.5. The van der Waals surface area contributed by atoms with E-state index in [0.717, 1.165) is 24.1 Å². The third kappa shape index (κ3) is 7.22. The van der Waals surface area contributed by atoms with E-state index < -0.39 is 0 Å². The van der Waals surface area contributed by atoms with Crippen LogP contribution in [0.5, 0.6) is 0 Å². The first-order chi connectivity index (χ1) is 10.2. The van der Waals surface area contributed by atoms with Crippen molar-refractivity contribution in [3.8, 4) is 0 Å². The zero-order chi connectivity index (χ0) is 15.5. The van der Waals surface area contributed by atoms with Gasteiger partial charge in [0.2, 0.25) is 5.91 Å². The standard InChI is InChI=1S/C16H26N2O3/c1-13(5-4-8-17)16(19)18-15-7-3-6-14(11-15)12-21-10-9-20-2/h3,6-7,11,13H,4-5,8-10,12,17H2,1-2H3,(H,18,19). The van der Waals surface area contributed by atoms with Gasteiger partial charge in [-0.05, 0) is 37.1 Å². The predicted molar refractivity (Wildman–Crippen MR) is 84.1 cm³/mol. The van der Waals surface area contributed by atoms with Crippen LogP contribution in [-0.2, 0) is 20.9 Å². The van der Waals surface area contributed by atoms with E-state index in [1.807, 2.05) is 31.2 Å². The lowest BCUT2D eigenvalue weighted by Crippen LogP contribution is -2.21. The summed E-state index contributed by atoms with van der Waals surface area (Å²) in [7, 11) is 1.64. The van der Waals surface area contributed by atoms with Gasteiger partial charge in [0.15, 0.2) is 0 Å². The van der Waals surface area contributed by atoms with Crippen molar-refractivity contribution in [1.29, 1.82) is 0 Å². The summed E-state index contributed by atoms with van der Waals surface area (Å²) in [6.07, 6.45) is 1.67. The van der Waals surface area contributed by atoms with Crippen molar-refractivity contribution >= 4 is 11.6 Å². The molecule has 3 N–H and O–H groups in total. The minimum atomic E-state index is -0.0323. The van der Waals surface area contributed by atoms with Gasteiger partial charge >= 0.3 is 0 Å². The third-order valence-electron chi connectivity index (χ3n) is 3.18. The largest absolute Gasteiger partial charge is 0.382 e. The first-order valence-electron chi connectivity index (χ1n) is 7.34. The molecule has 0 saturated heterocycles. The van der Waals surface area contributed by atoms with Crippen LogP contribution >= 0.6 is 0 Å². The van der Waals surface area contributed by atoms with Crippen molar-refractivity contribution in [2.45, 2.75) is 26.4 Å². The van der Waals surface area contributed by atoms with Crippen LogP contribution in [0, 0.1) is 5.92 Å². The lowest BCUT2D eigenvalue weighted by molar-refractivity contribution is -0.119. The number of hydrogen-bond acceptors (Lipinski definition) is 4. The number of carbonyl (C=O) groups excluding carboxylic acids is 1. The van der Waals surface area contributed by atoms with Gasteiger partial charge in [-0.3, -0.25) is 4.79 Å². The second-order valence-corrected chi connectivity index (χ2v) is 5.07. The quantitative estimate of drug-likeness (QED) is 0.649. The Hall–Kier alpha value is -1.43. The molecule has 0 aliphatic rings. The van der Waals surface area contributed by atoms with E-state index in [0.29, 0.717) is 26.4 Å². The van der Waals surface area contributed by atoms with Crippen LogP contribution in [0.1, 0.15) is 25.3 Å². The predicted octanol–water partition coefficient (Wildman–Crippen LogP) is 2.16. The molecule has 5 heteroatoms. The van der Waals surface area contributed by atoms with Crippen molar-refractivity contribution in [1.82, 2.24) is 0 Å². The van der Waals surface area contributed by atoms with Gasteiger partial charge in [0, 0.05) is 18.7 Å². The second kappa shape index (κ2) is 10.3. The molecular formula is C16H26N2O3. The number of amides is 1. The molecule has 0 aliphatic carbocycles. The third-order valence-corrected chi connectivity index (χ3v) is 3.18. The summed E-state index contributed by atoms with van der Waals surface area (Å²) in [5, 5.41) is 2.93. The number of rotatable bonds is 10. The fourth-order valence-electron chi connectivity index (χ4n) is 1.89. The molecular weight excluding hydrogens is 268 g/mol. The van der Waals surface area contributed by atoms with Crippen LogP contribution in [-0.4, -0.2) is 32.8 Å². The Bertz CT molecular complexity index is 424. The van der Waals surface area contributed by atoms with E-state index in [1.54, 1.807) is 7.11 Å². The summed E-state index contributed by atoms with van der Waals surface area (Å²) in [5.74, 6) is -0.00365. The average molecular weight is 294 g/mol. The van der Waals surface area contributed by atoms with Crippen molar-refractivity contribution in [3.05, 3.63) is 29.8 Å². The van der Waals surface area contributed by atoms with Gasteiger partial charge in [-0.25, -0.2) is 0 Å². The number of benzene rings is 1. The first-order valence-corrected chi connectivity index (χ1v) is 7.34. The molecule has 0 bridgehead atoms. The fourth-order valence-corrected chi connectivity index (χ4v) is 1.89. The Kier molecular flexibility index (Phi) is 8.66. The first kappa shape index (κ1) is 17.6. The Labute approximate surface area is 126 Å². The number of carbonyl (C=O) groups is 1. The van der Waals surface area contributed by atoms with Gasteiger partial charge in [-0.1, -0.05) is 19.1 Å². The van der Waals surface area contributed by atoms with Crippen LogP contribution in [0.2, 0.25) is 0 Å². The minimum Gasteiger partial charge on any atom is -0.382 e. The van der Waals surface area contributed by atoms with Crippen molar-refractivity contribution in [2.24, 2.45) is 11.7 Å². The smallest absolute Gasteiger partial charge is 0.227 e. The van der Waals surface area contributed by atoms with Crippen molar-refractivity contribution in [2.75, 3.05) is 32.2 Å². The molecule has 118 valence electrons. The zero-order valence-electron chi connectivity index (χ0n) is 12.9. The van der Waals surface area contributed by atoms with Gasteiger partial charge in [-0.15, -0.1) is 0 Å². The highest BCUT2D eigenvalue weighted by molar-refractivity contribution is 5.92. The van der Waals surface area contributed by atoms with Crippen LogP contribution in [0.25, 0.3) is 0 Å². The highest BCUT2D eigenvalue weighted by Gasteiger charge is 2.12. The number of methoxy groups -OCH3 is 1. The van der Waals surface area contributed by atoms with E-state index in [2.05, 4.69) is 5.32 Å². The van der Waals surface area contributed by atoms with Gasteiger partial charge in [-0.2, -0.15) is 0 Å². The molecule has 1 atom stereocenters. The van der Waals surface area contributed by atoms with Gasteiger partial charge < -0.3 is 20.5 Å². The summed E-state index contributed by atoms with van der Waals surface area (Å²) < 4.78 is 10.4. The van der Waals surface area contributed by atoms with Gasteiger partial charge in [0.25, 0.3) is 0 Å². The van der Waals surface area contributed by atoms with Crippen LogP contribution in [0.4, 0.5) is 5.69 Å². The molecule has 1 unspecified atom stereocenters. The van der Waals surface area contributed by atoms with Crippen molar-refractivity contribution in [3.63, 3.8) is 0 Å². The molecule has 1 aromatic carbocycles. The van der Waals surface area contributed by atoms with Crippen LogP contribution in [0.3, 0.4) is 0 Å². The SMILES string of the molecule is COCCOCc1cccc(NC(=O)C(C)CCCN)c1. The van der Waals surface area contributed by atoms with E-state index in [9.17, 15) is 4.79 Å². The van der Waals surface area contributed by atoms with Gasteiger partial charge in [0.1, 0.15) is 0 Å². The Morgan fingerprint density at radius 2 is 2.19 bits per heavy atom. The summed E-state index contributed by atoms with van der Waals surface area (Å²) in [4.78, 5) is 12.0. The maximum Gasteiger partial charge on any atom is 0.227 e. The molecule has 0 saturated carbocycles. The monoisotopic (exact) mass is 294 g/mol. The molecule has 0 radical (unpaired) electrons. The molecule has 0 aromatic heterocycles. The molecule has 5 nitrogen and oxygen atoms in total. The Morgan fingerprint density at radius 1 is 1.38 bits per heavy atom. The van der Waals surface area contributed by atoms with E-state index in [1.165, 1.54) is 0 Å². The number of nitrogens with two attached hydrogens (primary N) is 1. The summed E-state index contributed by atoms with van der Waals surface area (Å²) in [6, 6.07) is 7.70. The topological polar surface area (TPSA) is 73.6 Å². The molecule has 0 aliphatic heterocycles. The van der Waals surface area contributed by atoms with E-state index in [4.69, 9.17) is 15.2 Å². The molecule has 0 heterocycles. The lowest BCUT2D eigenvalue weighted by Gasteiger charge is -2.12. The summed E-state index contributed by atoms with van der Waals surface area (Å²) in [6.45, 7) is 4.18. The highest BCUT2D eigenvalue weighted by Crippen LogP contribution is 2.14. The molecule has 1 rings (SSSR count). The maximum absolute atomic E-state index is 12.0. The Morgan fingerprint density at radius 3 is 2.90 bits per heavy atom. The molecule has 1 amide bonds. The summed E-state index contributed by atoms with van der Waals surface area (Å²) in [5.41, 5.74) is 7.29. The zero-order valence-corrected chi connectivity index (χ0v) is 12.9. The minimum absolute atomic E-state index is 0.0286. The molecule has 1 aromatic rings. The number of ether oxygens (including phenoxy) is 2. The number of nitrogens with one attached hydrogen (secondary N) is 1. The van der Waals surface area contributed by atoms with Gasteiger partial charge in [0.05, 0.1) is 19.8 Å². The fraction of sp³-hybridized carbons (Fsp3) is 0.562. The maximum atomic E-state index is 12.0. The molecule has 0 fully saturated rings.